The largest absolute Gasteiger partial charge is 0.393 e. The zero-order valence-corrected chi connectivity index (χ0v) is 9.35. The maximum Gasteiger partial charge on any atom is 0.220 e. The number of aliphatic hydroxyl groups excluding tert-OH is 1. The monoisotopic (exact) mass is 238 g/mol. The lowest BCUT2D eigenvalue weighted by molar-refractivity contribution is 0.113. The quantitative estimate of drug-likeness (QED) is 0.620. The molecule has 82 valence electrons. The van der Waals surface area contributed by atoms with Gasteiger partial charge in [-0.3, -0.25) is 0 Å². The second-order valence-corrected chi connectivity index (χ2v) is 5.85. The number of piperidine rings is 1. The molecule has 0 aromatic carbocycles. The number of rotatable bonds is 3. The molecule has 0 saturated carbocycles. The van der Waals surface area contributed by atoms with E-state index < -0.39 is 10.0 Å². The fraction of sp³-hybridized carbons (Fsp3) is 0.857. The highest BCUT2D eigenvalue weighted by Gasteiger charge is 2.27. The Balaban J connectivity index is 2.60. The van der Waals surface area contributed by atoms with E-state index in [2.05, 4.69) is 12.2 Å². The van der Waals surface area contributed by atoms with Crippen LogP contribution in [-0.4, -0.2) is 47.8 Å². The van der Waals surface area contributed by atoms with Crippen molar-refractivity contribution < 1.29 is 13.5 Å². The Hall–Kier alpha value is -0.240. The van der Waals surface area contributed by atoms with Crippen molar-refractivity contribution in [1.29, 1.82) is 0 Å². The standard InChI is InChI=1S/C7H14N2O3S2/c8-7(13)5-14(11,12)9-3-1-6(10)2-4-9/h6,10H,1-5H2,(H2,8,13). The lowest BCUT2D eigenvalue weighted by Gasteiger charge is -2.28. The molecular formula is C7H14N2O3S2. The van der Waals surface area contributed by atoms with Gasteiger partial charge >= 0.3 is 0 Å². The summed E-state index contributed by atoms with van der Waals surface area (Å²) in [6, 6.07) is 0. The first-order chi connectivity index (χ1) is 6.42. The molecule has 5 nitrogen and oxygen atoms in total. The Bertz CT molecular complexity index is 307. The molecule has 14 heavy (non-hydrogen) atoms. The Morgan fingerprint density at radius 3 is 2.43 bits per heavy atom. The summed E-state index contributed by atoms with van der Waals surface area (Å²) in [7, 11) is -3.35. The highest BCUT2D eigenvalue weighted by Crippen LogP contribution is 2.13. The SMILES string of the molecule is NC(=S)CS(=O)(=O)N1CCC(O)CC1. The number of nitrogens with two attached hydrogens (primary N) is 1. The summed E-state index contributed by atoms with van der Waals surface area (Å²) in [6.45, 7) is 0.707. The fourth-order valence-corrected chi connectivity index (χ4v) is 3.15. The van der Waals surface area contributed by atoms with E-state index in [1.807, 2.05) is 0 Å². The van der Waals surface area contributed by atoms with Crippen molar-refractivity contribution in [2.45, 2.75) is 18.9 Å². The number of aliphatic hydroxyl groups is 1. The summed E-state index contributed by atoms with van der Waals surface area (Å²) < 4.78 is 24.5. The van der Waals surface area contributed by atoms with Gasteiger partial charge in [0.05, 0.1) is 11.1 Å². The number of sulfonamides is 1. The molecule has 1 fully saturated rings. The van der Waals surface area contributed by atoms with Crippen molar-refractivity contribution in [3.05, 3.63) is 0 Å². The molecule has 0 aliphatic carbocycles. The molecule has 0 unspecified atom stereocenters. The van der Waals surface area contributed by atoms with Gasteiger partial charge in [-0.25, -0.2) is 12.7 Å². The van der Waals surface area contributed by atoms with E-state index in [-0.39, 0.29) is 16.8 Å². The van der Waals surface area contributed by atoms with Gasteiger partial charge in [0.25, 0.3) is 0 Å². The lowest BCUT2D eigenvalue weighted by Crippen LogP contribution is -2.43. The lowest BCUT2D eigenvalue weighted by atomic mass is 10.1. The molecule has 0 radical (unpaired) electrons. The van der Waals surface area contributed by atoms with Gasteiger partial charge in [0.2, 0.25) is 10.0 Å². The van der Waals surface area contributed by atoms with E-state index in [9.17, 15) is 13.5 Å². The first-order valence-corrected chi connectivity index (χ1v) is 6.38. The van der Waals surface area contributed by atoms with Crippen LogP contribution in [0.5, 0.6) is 0 Å². The molecule has 0 aromatic rings. The second-order valence-electron chi connectivity index (χ2n) is 3.35. The Morgan fingerprint density at radius 2 is 2.00 bits per heavy atom. The molecule has 0 spiro atoms. The van der Waals surface area contributed by atoms with Crippen molar-refractivity contribution in [3.63, 3.8) is 0 Å². The summed E-state index contributed by atoms with van der Waals surface area (Å²) in [4.78, 5) is -0.0175. The smallest absolute Gasteiger partial charge is 0.220 e. The van der Waals surface area contributed by atoms with Crippen LogP contribution >= 0.6 is 12.2 Å². The zero-order chi connectivity index (χ0) is 10.8. The highest BCUT2D eigenvalue weighted by atomic mass is 32.2. The number of hydrogen-bond donors (Lipinski definition) is 2. The van der Waals surface area contributed by atoms with E-state index in [1.165, 1.54) is 4.31 Å². The maximum absolute atomic E-state index is 11.6. The van der Waals surface area contributed by atoms with Crippen molar-refractivity contribution in [3.8, 4) is 0 Å². The van der Waals surface area contributed by atoms with Crippen LogP contribution in [0.15, 0.2) is 0 Å². The van der Waals surface area contributed by atoms with Gasteiger partial charge in [0, 0.05) is 13.1 Å². The second kappa shape index (κ2) is 4.52. The molecule has 0 atom stereocenters. The van der Waals surface area contributed by atoms with Crippen LogP contribution in [0.3, 0.4) is 0 Å². The van der Waals surface area contributed by atoms with E-state index in [0.29, 0.717) is 25.9 Å². The van der Waals surface area contributed by atoms with Crippen LogP contribution in [0, 0.1) is 0 Å². The average molecular weight is 238 g/mol. The third-order valence-electron chi connectivity index (χ3n) is 2.14. The molecule has 0 amide bonds. The van der Waals surface area contributed by atoms with Gasteiger partial charge in [0.1, 0.15) is 5.75 Å². The molecule has 7 heteroatoms. The molecule has 0 bridgehead atoms. The summed E-state index contributed by atoms with van der Waals surface area (Å²) in [5.41, 5.74) is 5.19. The molecule has 1 saturated heterocycles. The van der Waals surface area contributed by atoms with Gasteiger partial charge in [-0.1, -0.05) is 12.2 Å². The summed E-state index contributed by atoms with van der Waals surface area (Å²) >= 11 is 4.56. The number of nitrogens with zero attached hydrogens (tertiary/aromatic N) is 1. The molecule has 1 rings (SSSR count). The topological polar surface area (TPSA) is 83.6 Å². The molecule has 0 aromatic heterocycles. The normalized spacial score (nSPS) is 20.9. The van der Waals surface area contributed by atoms with E-state index in [4.69, 9.17) is 5.73 Å². The first-order valence-electron chi connectivity index (χ1n) is 4.36. The fourth-order valence-electron chi connectivity index (χ4n) is 1.39. The van der Waals surface area contributed by atoms with E-state index in [1.54, 1.807) is 0 Å². The first kappa shape index (κ1) is 11.8. The van der Waals surface area contributed by atoms with Crippen molar-refractivity contribution in [1.82, 2.24) is 4.31 Å². The predicted molar refractivity (Wildman–Crippen MR) is 57.4 cm³/mol. The van der Waals surface area contributed by atoms with Crippen molar-refractivity contribution >= 4 is 27.2 Å². The molecule has 1 heterocycles. The average Bonchev–Trinajstić information content (AvgIpc) is 2.02. The summed E-state index contributed by atoms with van der Waals surface area (Å²) in [6.07, 6.45) is 0.582. The van der Waals surface area contributed by atoms with Gasteiger partial charge in [-0.15, -0.1) is 0 Å². The summed E-state index contributed by atoms with van der Waals surface area (Å²) in [5, 5.41) is 9.20. The third kappa shape index (κ3) is 3.16. The maximum atomic E-state index is 11.6. The van der Waals surface area contributed by atoms with Gasteiger partial charge in [-0.05, 0) is 12.8 Å². The zero-order valence-electron chi connectivity index (χ0n) is 7.72. The van der Waals surface area contributed by atoms with Crippen LogP contribution in [-0.2, 0) is 10.0 Å². The minimum Gasteiger partial charge on any atom is -0.393 e. The summed E-state index contributed by atoms with van der Waals surface area (Å²) in [5.74, 6) is -0.279. The molecular weight excluding hydrogens is 224 g/mol. The van der Waals surface area contributed by atoms with Crippen LogP contribution in [0.2, 0.25) is 0 Å². The van der Waals surface area contributed by atoms with Crippen LogP contribution in [0.1, 0.15) is 12.8 Å². The van der Waals surface area contributed by atoms with Gasteiger partial charge in [-0.2, -0.15) is 0 Å². The molecule has 1 aliphatic heterocycles. The number of hydrogen-bond acceptors (Lipinski definition) is 4. The number of thiocarbonyl (C=S) groups is 1. The van der Waals surface area contributed by atoms with E-state index in [0.717, 1.165) is 0 Å². The van der Waals surface area contributed by atoms with Gasteiger partial charge in [0.15, 0.2) is 0 Å². The minimum atomic E-state index is -3.35. The minimum absolute atomic E-state index is 0.0175. The van der Waals surface area contributed by atoms with Crippen molar-refractivity contribution in [2.24, 2.45) is 5.73 Å². The van der Waals surface area contributed by atoms with Crippen LogP contribution in [0.25, 0.3) is 0 Å². The van der Waals surface area contributed by atoms with Crippen LogP contribution in [0.4, 0.5) is 0 Å². The molecule has 3 N–H and O–H groups in total. The Morgan fingerprint density at radius 1 is 1.50 bits per heavy atom. The Labute approximate surface area is 88.9 Å². The molecule has 1 aliphatic rings. The van der Waals surface area contributed by atoms with Gasteiger partial charge < -0.3 is 10.8 Å². The van der Waals surface area contributed by atoms with Crippen molar-refractivity contribution in [2.75, 3.05) is 18.8 Å². The van der Waals surface area contributed by atoms with Crippen LogP contribution < -0.4 is 5.73 Å². The predicted octanol–water partition coefficient (Wildman–Crippen LogP) is -0.941. The van der Waals surface area contributed by atoms with E-state index >= 15 is 0 Å². The third-order valence-corrected chi connectivity index (χ3v) is 4.30. The highest BCUT2D eigenvalue weighted by molar-refractivity contribution is 7.92. The Kier molecular flexibility index (Phi) is 3.82.